The average Bonchev–Trinajstić information content (AvgIpc) is 2.43. The monoisotopic (exact) mass is 412 g/mol. The SMILES string of the molecule is CN1C(=O)[C@@H]2CN(I)CCN2c2ncc(C(F)(F)F)cc21. The van der Waals surface area contributed by atoms with Crippen molar-refractivity contribution in [1.29, 1.82) is 0 Å². The molecule has 114 valence electrons. The lowest BCUT2D eigenvalue weighted by Gasteiger charge is -2.45. The number of aromatic nitrogens is 1. The topological polar surface area (TPSA) is 39.7 Å². The van der Waals surface area contributed by atoms with E-state index >= 15 is 0 Å². The van der Waals surface area contributed by atoms with Crippen molar-refractivity contribution < 1.29 is 18.0 Å². The second-order valence-electron chi connectivity index (χ2n) is 5.04. The summed E-state index contributed by atoms with van der Waals surface area (Å²) < 4.78 is 40.4. The molecule has 5 nitrogen and oxygen atoms in total. The van der Waals surface area contributed by atoms with Gasteiger partial charge >= 0.3 is 6.18 Å². The van der Waals surface area contributed by atoms with E-state index in [2.05, 4.69) is 27.8 Å². The standard InChI is InChI=1S/C12H12F3IN4O/c1-18-8-4-7(12(13,14)15)5-17-10(8)20-3-2-19(16)6-9(20)11(18)21/h4-5,9H,2-3,6H2,1H3/t9-/m0/s1. The third kappa shape index (κ3) is 2.45. The molecule has 0 unspecified atom stereocenters. The highest BCUT2D eigenvalue weighted by Crippen LogP contribution is 2.39. The van der Waals surface area contributed by atoms with Gasteiger partial charge in [-0.3, -0.25) is 4.79 Å². The first-order valence-electron chi connectivity index (χ1n) is 6.31. The lowest BCUT2D eigenvalue weighted by atomic mass is 10.1. The highest BCUT2D eigenvalue weighted by Gasteiger charge is 2.42. The van der Waals surface area contributed by atoms with E-state index in [1.807, 2.05) is 3.11 Å². The fraction of sp³-hybridized carbons (Fsp3) is 0.500. The van der Waals surface area contributed by atoms with Crippen molar-refractivity contribution in [2.75, 3.05) is 36.5 Å². The lowest BCUT2D eigenvalue weighted by molar-refractivity contribution is -0.137. The van der Waals surface area contributed by atoms with Gasteiger partial charge in [0.05, 0.1) is 11.3 Å². The molecular formula is C12H12F3IN4O. The van der Waals surface area contributed by atoms with Crippen molar-refractivity contribution in [1.82, 2.24) is 8.10 Å². The second-order valence-corrected chi connectivity index (χ2v) is 6.40. The molecule has 0 aromatic carbocycles. The Hall–Kier alpha value is -1.10. The molecule has 1 aromatic rings. The van der Waals surface area contributed by atoms with Crippen LogP contribution in [0.4, 0.5) is 24.7 Å². The minimum Gasteiger partial charge on any atom is -0.340 e. The molecule has 1 atom stereocenters. The minimum atomic E-state index is -4.47. The maximum absolute atomic E-state index is 12.8. The van der Waals surface area contributed by atoms with Gasteiger partial charge in [-0.2, -0.15) is 13.2 Å². The Morgan fingerprint density at radius 2 is 2.10 bits per heavy atom. The third-order valence-corrected chi connectivity index (χ3v) is 4.63. The summed E-state index contributed by atoms with van der Waals surface area (Å²) in [5, 5.41) is 0. The predicted molar refractivity (Wildman–Crippen MR) is 79.4 cm³/mol. The third-order valence-electron chi connectivity index (χ3n) is 3.75. The van der Waals surface area contributed by atoms with Crippen LogP contribution in [0.1, 0.15) is 5.56 Å². The number of hydrogen-bond donors (Lipinski definition) is 0. The van der Waals surface area contributed by atoms with Crippen LogP contribution in [-0.4, -0.2) is 46.7 Å². The molecule has 0 aliphatic carbocycles. The van der Waals surface area contributed by atoms with Crippen LogP contribution >= 0.6 is 22.9 Å². The van der Waals surface area contributed by atoms with E-state index in [0.29, 0.717) is 18.9 Å². The summed E-state index contributed by atoms with van der Waals surface area (Å²) >= 11 is 2.15. The number of fused-ring (bicyclic) bond motifs is 3. The van der Waals surface area contributed by atoms with Crippen molar-refractivity contribution in [3.05, 3.63) is 17.8 Å². The Labute approximate surface area is 133 Å². The van der Waals surface area contributed by atoms with Gasteiger partial charge in [-0.15, -0.1) is 0 Å². The van der Waals surface area contributed by atoms with Crippen molar-refractivity contribution in [3.8, 4) is 0 Å². The van der Waals surface area contributed by atoms with Gasteiger partial charge in [-0.25, -0.2) is 8.10 Å². The summed E-state index contributed by atoms with van der Waals surface area (Å²) in [5.41, 5.74) is -0.625. The molecule has 9 heteroatoms. The van der Waals surface area contributed by atoms with Crippen LogP contribution in [0.2, 0.25) is 0 Å². The van der Waals surface area contributed by atoms with Crippen molar-refractivity contribution in [3.63, 3.8) is 0 Å². The normalized spacial score (nSPS) is 23.1. The first-order chi connectivity index (χ1) is 9.79. The molecule has 2 aliphatic rings. The van der Waals surface area contributed by atoms with E-state index in [-0.39, 0.29) is 11.6 Å². The number of piperazine rings is 1. The average molecular weight is 412 g/mol. The zero-order chi connectivity index (χ0) is 15.4. The fourth-order valence-electron chi connectivity index (χ4n) is 2.63. The van der Waals surface area contributed by atoms with Crippen LogP contribution in [0.3, 0.4) is 0 Å². The number of halogens is 4. The van der Waals surface area contributed by atoms with E-state index in [4.69, 9.17) is 0 Å². The Bertz CT molecular complexity index is 594. The molecule has 21 heavy (non-hydrogen) atoms. The molecule has 1 aromatic heterocycles. The number of alkyl halides is 3. The predicted octanol–water partition coefficient (Wildman–Crippen LogP) is 1.92. The van der Waals surface area contributed by atoms with Crippen LogP contribution in [0, 0.1) is 0 Å². The van der Waals surface area contributed by atoms with Gasteiger partial charge in [0.25, 0.3) is 5.91 Å². The minimum absolute atomic E-state index is 0.204. The van der Waals surface area contributed by atoms with Crippen molar-refractivity contribution >= 4 is 40.3 Å². The highest BCUT2D eigenvalue weighted by molar-refractivity contribution is 14.1. The molecule has 1 saturated heterocycles. The van der Waals surface area contributed by atoms with Crippen LogP contribution in [0.15, 0.2) is 12.3 Å². The van der Waals surface area contributed by atoms with E-state index in [0.717, 1.165) is 18.8 Å². The first kappa shape index (κ1) is 14.8. The van der Waals surface area contributed by atoms with Gasteiger partial charge < -0.3 is 9.80 Å². The molecule has 1 fully saturated rings. The molecule has 3 rings (SSSR count). The summed E-state index contributed by atoms with van der Waals surface area (Å²) in [4.78, 5) is 19.4. The summed E-state index contributed by atoms with van der Waals surface area (Å²) in [5.74, 6) is 0.240. The largest absolute Gasteiger partial charge is 0.417 e. The number of likely N-dealkylation sites (N-methyl/N-ethyl adjacent to an activating group) is 1. The number of anilines is 2. The van der Waals surface area contributed by atoms with E-state index in [1.165, 1.54) is 11.9 Å². The second kappa shape index (κ2) is 4.97. The summed E-state index contributed by atoms with van der Waals surface area (Å²) in [7, 11) is 1.49. The van der Waals surface area contributed by atoms with Crippen LogP contribution < -0.4 is 9.80 Å². The molecule has 0 saturated carbocycles. The van der Waals surface area contributed by atoms with E-state index < -0.39 is 17.8 Å². The van der Waals surface area contributed by atoms with Gasteiger partial charge in [0, 0.05) is 55.7 Å². The van der Waals surface area contributed by atoms with E-state index in [1.54, 1.807) is 4.90 Å². The van der Waals surface area contributed by atoms with Gasteiger partial charge in [0.2, 0.25) is 0 Å². The summed E-state index contributed by atoms with van der Waals surface area (Å²) in [6.45, 7) is 1.83. The number of amides is 1. The van der Waals surface area contributed by atoms with Crippen molar-refractivity contribution in [2.45, 2.75) is 12.2 Å². The van der Waals surface area contributed by atoms with Gasteiger partial charge in [-0.1, -0.05) is 0 Å². The Morgan fingerprint density at radius 3 is 2.76 bits per heavy atom. The Kier molecular flexibility index (Phi) is 3.51. The Morgan fingerprint density at radius 1 is 1.38 bits per heavy atom. The van der Waals surface area contributed by atoms with Gasteiger partial charge in [0.1, 0.15) is 6.04 Å². The van der Waals surface area contributed by atoms with E-state index in [9.17, 15) is 18.0 Å². The van der Waals surface area contributed by atoms with Gasteiger partial charge in [0.15, 0.2) is 5.82 Å². The molecule has 0 radical (unpaired) electrons. The molecule has 3 heterocycles. The quantitative estimate of drug-likeness (QED) is 0.483. The molecule has 1 amide bonds. The lowest BCUT2D eigenvalue weighted by Crippen LogP contribution is -2.60. The number of rotatable bonds is 0. The highest BCUT2D eigenvalue weighted by atomic mass is 127. The molecule has 2 aliphatic heterocycles. The smallest absolute Gasteiger partial charge is 0.340 e. The number of pyridine rings is 1. The number of hydrogen-bond acceptors (Lipinski definition) is 4. The van der Waals surface area contributed by atoms with Crippen LogP contribution in [0.25, 0.3) is 0 Å². The molecule has 0 spiro atoms. The van der Waals surface area contributed by atoms with Crippen molar-refractivity contribution in [2.24, 2.45) is 0 Å². The van der Waals surface area contributed by atoms with Crippen LogP contribution in [-0.2, 0) is 11.0 Å². The maximum Gasteiger partial charge on any atom is 0.417 e. The fourth-order valence-corrected chi connectivity index (χ4v) is 3.21. The molecular weight excluding hydrogens is 400 g/mol. The maximum atomic E-state index is 12.8. The van der Waals surface area contributed by atoms with Gasteiger partial charge in [-0.05, 0) is 6.07 Å². The number of carbonyl (C=O) groups excluding carboxylic acids is 1. The Balaban J connectivity index is 2.07. The summed E-state index contributed by atoms with van der Waals surface area (Å²) in [6, 6.07) is 0.602. The summed E-state index contributed by atoms with van der Waals surface area (Å²) in [6.07, 6.45) is -3.64. The zero-order valence-corrected chi connectivity index (χ0v) is 13.2. The number of nitrogens with zero attached hydrogens (tertiary/aromatic N) is 4. The molecule has 0 N–H and O–H groups in total. The molecule has 0 bridgehead atoms. The number of carbonyl (C=O) groups is 1. The van der Waals surface area contributed by atoms with Crippen LogP contribution in [0.5, 0.6) is 0 Å². The first-order valence-corrected chi connectivity index (χ1v) is 7.27. The zero-order valence-electron chi connectivity index (χ0n) is 11.1.